The maximum atomic E-state index is 9.78. The van der Waals surface area contributed by atoms with Crippen molar-refractivity contribution in [3.8, 4) is 23.5 Å². The maximum Gasteiger partial charge on any atom is 0.211 e. The quantitative estimate of drug-likeness (QED) is 0.191. The summed E-state index contributed by atoms with van der Waals surface area (Å²) in [4.78, 5) is 25.0. The van der Waals surface area contributed by atoms with Crippen molar-refractivity contribution in [2.45, 2.75) is 0 Å². The number of hydrogen-bond acceptors (Lipinski definition) is 10. The smallest absolute Gasteiger partial charge is 0.211 e. The lowest BCUT2D eigenvalue weighted by Gasteiger charge is -2.07. The van der Waals surface area contributed by atoms with Crippen molar-refractivity contribution in [2.75, 3.05) is 0 Å². The molecular weight excluding hydrogens is 532 g/mol. The minimum absolute atomic E-state index is 0.104. The Labute approximate surface area is 240 Å². The van der Waals surface area contributed by atoms with Gasteiger partial charge in [-0.25, -0.2) is 29.9 Å². The first-order valence-electron chi connectivity index (χ1n) is 12.7. The lowest BCUT2D eigenvalue weighted by molar-refractivity contribution is 0.453. The molecule has 0 aromatic carbocycles. The van der Waals surface area contributed by atoms with Crippen molar-refractivity contribution < 1.29 is 20.4 Å². The van der Waals surface area contributed by atoms with Crippen molar-refractivity contribution in [3.05, 3.63) is 118 Å². The van der Waals surface area contributed by atoms with Gasteiger partial charge in [-0.2, -0.15) is 0 Å². The number of aromatic nitrogens is 6. The van der Waals surface area contributed by atoms with Gasteiger partial charge in [-0.15, -0.1) is 0 Å². The molecule has 10 heteroatoms. The molecule has 0 aliphatic heterocycles. The normalized spacial score (nSPS) is 11.8. The molecule has 5 aromatic heterocycles. The summed E-state index contributed by atoms with van der Waals surface area (Å²) in [6.07, 6.45) is 20.2. The van der Waals surface area contributed by atoms with Crippen LogP contribution >= 0.6 is 0 Å². The fourth-order valence-corrected chi connectivity index (χ4v) is 3.83. The summed E-state index contributed by atoms with van der Waals surface area (Å²) in [7, 11) is 0. The summed E-state index contributed by atoms with van der Waals surface area (Å²) in [6.45, 7) is 0. The molecule has 5 rings (SSSR count). The van der Waals surface area contributed by atoms with E-state index in [9.17, 15) is 20.4 Å². The largest absolute Gasteiger partial charge is 0.493 e. The van der Waals surface area contributed by atoms with Gasteiger partial charge in [0.2, 0.25) is 23.5 Å². The Bertz CT molecular complexity index is 1590. The summed E-state index contributed by atoms with van der Waals surface area (Å²) in [5.74, 6) is -0.416. The van der Waals surface area contributed by atoms with E-state index in [4.69, 9.17) is 9.97 Å². The third-order valence-corrected chi connectivity index (χ3v) is 5.82. The topological polar surface area (TPSA) is 158 Å². The first-order chi connectivity index (χ1) is 20.4. The zero-order valence-corrected chi connectivity index (χ0v) is 22.0. The number of pyridine rings is 4. The van der Waals surface area contributed by atoms with E-state index in [1.54, 1.807) is 72.9 Å². The molecule has 0 radical (unpaired) electrons. The predicted octanol–water partition coefficient (Wildman–Crippen LogP) is 5.56. The number of aromatic hydroxyl groups is 4. The van der Waals surface area contributed by atoms with Gasteiger partial charge in [-0.05, 0) is 70.8 Å². The highest BCUT2D eigenvalue weighted by Crippen LogP contribution is 2.22. The second-order valence-corrected chi connectivity index (χ2v) is 8.89. The van der Waals surface area contributed by atoms with E-state index >= 15 is 0 Å². The SMILES string of the molecule is Oc1cc(C=Cc2nc(C=Cc3ccnc(O)c3)c(C=Cc3ccnc(O)c3)nc2C=Cc2ccnc(O)c2)ccn1. The summed E-state index contributed by atoms with van der Waals surface area (Å²) in [5, 5.41) is 39.1. The van der Waals surface area contributed by atoms with E-state index in [-0.39, 0.29) is 23.5 Å². The molecule has 0 saturated heterocycles. The van der Waals surface area contributed by atoms with Crippen LogP contribution < -0.4 is 0 Å². The van der Waals surface area contributed by atoms with E-state index in [0.29, 0.717) is 45.0 Å². The van der Waals surface area contributed by atoms with Gasteiger partial charge in [0.25, 0.3) is 0 Å². The van der Waals surface area contributed by atoms with Crippen LogP contribution in [0.4, 0.5) is 0 Å². The molecule has 0 atom stereocenters. The monoisotopic (exact) mass is 556 g/mol. The van der Waals surface area contributed by atoms with Crippen molar-refractivity contribution in [1.82, 2.24) is 29.9 Å². The maximum absolute atomic E-state index is 9.78. The van der Waals surface area contributed by atoms with Crippen LogP contribution in [0.3, 0.4) is 0 Å². The first-order valence-corrected chi connectivity index (χ1v) is 12.7. The zero-order valence-electron chi connectivity index (χ0n) is 22.0. The van der Waals surface area contributed by atoms with Gasteiger partial charge in [-0.1, -0.05) is 24.3 Å². The standard InChI is InChI=1S/C32H24N6O4/c39-29-17-21(9-13-33-29)1-5-25-26(6-2-22-10-14-34-30(40)18-22)38-28(8-4-24-12-16-36-32(42)20-24)27(37-25)7-3-23-11-15-35-31(41)19-23/h1-20H,(H,33,39)(H,34,40)(H,35,41)(H,36,42). The van der Waals surface area contributed by atoms with Gasteiger partial charge in [-0.3, -0.25) is 0 Å². The number of hydrogen-bond donors (Lipinski definition) is 4. The van der Waals surface area contributed by atoms with Crippen LogP contribution in [0.15, 0.2) is 73.3 Å². The minimum Gasteiger partial charge on any atom is -0.493 e. The van der Waals surface area contributed by atoms with Crippen LogP contribution in [0.2, 0.25) is 0 Å². The molecule has 42 heavy (non-hydrogen) atoms. The Hall–Kier alpha value is -6.16. The summed E-state index contributed by atoms with van der Waals surface area (Å²) in [5.41, 5.74) is 4.95. The van der Waals surface area contributed by atoms with E-state index in [1.165, 1.54) is 49.1 Å². The summed E-state index contributed by atoms with van der Waals surface area (Å²) >= 11 is 0. The summed E-state index contributed by atoms with van der Waals surface area (Å²) < 4.78 is 0. The van der Waals surface area contributed by atoms with Gasteiger partial charge in [0, 0.05) is 49.1 Å². The fraction of sp³-hybridized carbons (Fsp3) is 0. The predicted molar refractivity (Wildman–Crippen MR) is 161 cm³/mol. The molecule has 0 aliphatic rings. The molecule has 4 N–H and O–H groups in total. The molecule has 0 saturated carbocycles. The second kappa shape index (κ2) is 12.8. The average molecular weight is 557 g/mol. The molecule has 206 valence electrons. The Morgan fingerprint density at radius 3 is 0.810 bits per heavy atom. The third-order valence-electron chi connectivity index (χ3n) is 5.82. The lowest BCUT2D eigenvalue weighted by atomic mass is 10.1. The Kier molecular flexibility index (Phi) is 8.35. The van der Waals surface area contributed by atoms with Crippen LogP contribution in [-0.4, -0.2) is 50.3 Å². The van der Waals surface area contributed by atoms with Crippen molar-refractivity contribution >= 4 is 48.6 Å². The van der Waals surface area contributed by atoms with Gasteiger partial charge in [0.1, 0.15) is 0 Å². The van der Waals surface area contributed by atoms with E-state index in [0.717, 1.165) is 0 Å². The number of rotatable bonds is 8. The molecule has 0 aliphatic carbocycles. The van der Waals surface area contributed by atoms with Gasteiger partial charge >= 0.3 is 0 Å². The highest BCUT2D eigenvalue weighted by atomic mass is 16.3. The van der Waals surface area contributed by atoms with Crippen molar-refractivity contribution in [3.63, 3.8) is 0 Å². The molecule has 5 heterocycles. The van der Waals surface area contributed by atoms with Crippen LogP contribution in [-0.2, 0) is 0 Å². The Morgan fingerprint density at radius 1 is 0.357 bits per heavy atom. The minimum atomic E-state index is -0.104. The molecular formula is C32H24N6O4. The Morgan fingerprint density at radius 2 is 0.595 bits per heavy atom. The first kappa shape index (κ1) is 27.4. The molecule has 0 amide bonds. The van der Waals surface area contributed by atoms with Crippen LogP contribution in [0, 0.1) is 0 Å². The molecule has 0 fully saturated rings. The van der Waals surface area contributed by atoms with Crippen LogP contribution in [0.25, 0.3) is 48.6 Å². The van der Waals surface area contributed by atoms with Crippen molar-refractivity contribution in [1.29, 1.82) is 0 Å². The lowest BCUT2D eigenvalue weighted by Crippen LogP contribution is -2.00. The highest BCUT2D eigenvalue weighted by molar-refractivity contribution is 5.81. The molecule has 5 aromatic rings. The summed E-state index contributed by atoms with van der Waals surface area (Å²) in [6, 6.07) is 13.1. The van der Waals surface area contributed by atoms with Crippen LogP contribution in [0.1, 0.15) is 45.0 Å². The fourth-order valence-electron chi connectivity index (χ4n) is 3.83. The average Bonchev–Trinajstić information content (AvgIpc) is 2.97. The molecule has 0 spiro atoms. The second-order valence-electron chi connectivity index (χ2n) is 8.89. The van der Waals surface area contributed by atoms with Gasteiger partial charge in [0.15, 0.2) is 0 Å². The Balaban J connectivity index is 1.63. The van der Waals surface area contributed by atoms with Gasteiger partial charge in [0.05, 0.1) is 22.8 Å². The number of nitrogens with zero attached hydrogens (tertiary/aromatic N) is 6. The van der Waals surface area contributed by atoms with E-state index in [2.05, 4.69) is 19.9 Å². The van der Waals surface area contributed by atoms with Crippen LogP contribution in [0.5, 0.6) is 23.5 Å². The van der Waals surface area contributed by atoms with Gasteiger partial charge < -0.3 is 20.4 Å². The molecule has 0 bridgehead atoms. The zero-order chi connectivity index (χ0) is 29.3. The molecule has 10 nitrogen and oxygen atoms in total. The highest BCUT2D eigenvalue weighted by Gasteiger charge is 2.09. The van der Waals surface area contributed by atoms with E-state index < -0.39 is 0 Å². The third kappa shape index (κ3) is 7.48. The van der Waals surface area contributed by atoms with Crippen molar-refractivity contribution in [2.24, 2.45) is 0 Å². The molecule has 0 unspecified atom stereocenters. The van der Waals surface area contributed by atoms with E-state index in [1.807, 2.05) is 0 Å².